The molecule has 0 radical (unpaired) electrons. The Balaban J connectivity index is 2.28. The van der Waals surface area contributed by atoms with Crippen LogP contribution >= 0.6 is 42.1 Å². The van der Waals surface area contributed by atoms with Crippen LogP contribution in [-0.4, -0.2) is 57.9 Å². The SMILES string of the molecule is CCOP(=O)(CNS(=O)(=O)c1nc2cc(OCCCCl)c(OCCCCl)cc2s1)OCC. The van der Waals surface area contributed by atoms with E-state index < -0.39 is 23.9 Å². The second-order valence-electron chi connectivity index (χ2n) is 6.28. The van der Waals surface area contributed by atoms with Crippen LogP contribution in [0.2, 0.25) is 0 Å². The first-order valence-corrected chi connectivity index (χ1v) is 15.1. The number of aromatic nitrogens is 1. The van der Waals surface area contributed by atoms with Crippen LogP contribution in [0.1, 0.15) is 26.7 Å². The van der Waals surface area contributed by atoms with E-state index in [1.807, 2.05) is 0 Å². The molecule has 1 N–H and O–H groups in total. The molecule has 1 aromatic heterocycles. The van der Waals surface area contributed by atoms with Crippen LogP contribution in [0, 0.1) is 0 Å². The molecule has 2 rings (SSSR count). The lowest BCUT2D eigenvalue weighted by atomic mass is 10.3. The van der Waals surface area contributed by atoms with Gasteiger partial charge in [-0.1, -0.05) is 0 Å². The van der Waals surface area contributed by atoms with Crippen LogP contribution < -0.4 is 14.2 Å². The molecule has 0 aliphatic carbocycles. The molecule has 0 spiro atoms. The summed E-state index contributed by atoms with van der Waals surface area (Å²) in [7, 11) is -7.64. The summed E-state index contributed by atoms with van der Waals surface area (Å²) in [6, 6.07) is 3.31. The van der Waals surface area contributed by atoms with E-state index in [1.54, 1.807) is 26.0 Å². The number of halogens is 2. The number of nitrogens with one attached hydrogen (secondary N) is 1. The summed E-state index contributed by atoms with van der Waals surface area (Å²) in [5, 5.41) is 0. The van der Waals surface area contributed by atoms with Gasteiger partial charge < -0.3 is 18.5 Å². The van der Waals surface area contributed by atoms with Crippen molar-refractivity contribution in [2.45, 2.75) is 31.0 Å². The molecule has 0 bridgehead atoms. The fourth-order valence-corrected chi connectivity index (χ4v) is 6.99. The van der Waals surface area contributed by atoms with Crippen molar-refractivity contribution in [2.75, 3.05) is 44.5 Å². The average Bonchev–Trinajstić information content (AvgIpc) is 3.17. The Bertz CT molecular complexity index is 963. The van der Waals surface area contributed by atoms with Crippen LogP contribution in [0.25, 0.3) is 10.2 Å². The monoisotopic (exact) mass is 548 g/mol. The minimum absolute atomic E-state index is 0.124. The fraction of sp³-hybridized carbons (Fsp3) is 0.611. The average molecular weight is 549 g/mol. The molecule has 0 atom stereocenters. The maximum atomic E-state index is 12.8. The van der Waals surface area contributed by atoms with E-state index in [0.717, 1.165) is 11.3 Å². The van der Waals surface area contributed by atoms with Crippen molar-refractivity contribution in [3.05, 3.63) is 12.1 Å². The number of hydrogen-bond donors (Lipinski definition) is 1. The number of fused-ring (bicyclic) bond motifs is 1. The molecular formula is C18H27Cl2N2O7PS2. The summed E-state index contributed by atoms with van der Waals surface area (Å²) in [4.78, 5) is 4.22. The van der Waals surface area contributed by atoms with Gasteiger partial charge in [0, 0.05) is 23.9 Å². The summed E-state index contributed by atoms with van der Waals surface area (Å²) in [6.07, 6.45) is 0.792. The molecule has 14 heteroatoms. The van der Waals surface area contributed by atoms with Gasteiger partial charge >= 0.3 is 7.60 Å². The second-order valence-corrected chi connectivity index (χ2v) is 12.1. The van der Waals surface area contributed by atoms with E-state index in [2.05, 4.69) is 9.71 Å². The Hall–Kier alpha value is -0.650. The number of thiazole rings is 1. The second kappa shape index (κ2) is 13.3. The first kappa shape index (κ1) is 27.6. The number of hydrogen-bond acceptors (Lipinski definition) is 9. The van der Waals surface area contributed by atoms with Crippen LogP contribution in [0.5, 0.6) is 11.5 Å². The van der Waals surface area contributed by atoms with Crippen molar-refractivity contribution < 1.29 is 31.5 Å². The minimum Gasteiger partial charge on any atom is -0.490 e. The van der Waals surface area contributed by atoms with Crippen LogP contribution in [-0.2, 0) is 23.6 Å². The largest absolute Gasteiger partial charge is 0.490 e. The van der Waals surface area contributed by atoms with Gasteiger partial charge in [0.15, 0.2) is 11.5 Å². The highest BCUT2D eigenvalue weighted by molar-refractivity contribution is 7.91. The summed E-state index contributed by atoms with van der Waals surface area (Å²) in [6.45, 7) is 4.30. The molecule has 32 heavy (non-hydrogen) atoms. The van der Waals surface area contributed by atoms with Gasteiger partial charge in [0.05, 0.1) is 36.6 Å². The highest BCUT2D eigenvalue weighted by Gasteiger charge is 2.29. The normalized spacial score (nSPS) is 12.4. The molecule has 1 aromatic carbocycles. The maximum Gasteiger partial charge on any atom is 0.345 e. The topological polar surface area (TPSA) is 113 Å². The van der Waals surface area contributed by atoms with E-state index in [1.165, 1.54) is 0 Å². The van der Waals surface area contributed by atoms with E-state index in [0.29, 0.717) is 59.5 Å². The van der Waals surface area contributed by atoms with Gasteiger partial charge in [-0.15, -0.1) is 34.5 Å². The molecule has 182 valence electrons. The van der Waals surface area contributed by atoms with Crippen LogP contribution in [0.4, 0.5) is 0 Å². The van der Waals surface area contributed by atoms with E-state index in [-0.39, 0.29) is 17.6 Å². The molecule has 0 fully saturated rings. The van der Waals surface area contributed by atoms with Crippen molar-refractivity contribution in [3.8, 4) is 11.5 Å². The molecule has 2 aromatic rings. The van der Waals surface area contributed by atoms with Crippen molar-refractivity contribution in [1.82, 2.24) is 9.71 Å². The zero-order valence-corrected chi connectivity index (χ0v) is 21.9. The lowest BCUT2D eigenvalue weighted by molar-refractivity contribution is 0.219. The first-order valence-electron chi connectivity index (χ1n) is 9.98. The maximum absolute atomic E-state index is 12.8. The summed E-state index contributed by atoms with van der Waals surface area (Å²) >= 11 is 12.4. The van der Waals surface area contributed by atoms with Crippen molar-refractivity contribution in [3.63, 3.8) is 0 Å². The Morgan fingerprint density at radius 3 is 2.12 bits per heavy atom. The standard InChI is InChI=1S/C18H27Cl2N2O7PS2/c1-3-28-30(23,29-4-2)13-21-32(24,25)18-22-14-11-15(26-9-5-7-19)16(12-17(14)31-18)27-10-6-8-20/h11-12,21H,3-10,13H2,1-2H3. The predicted octanol–water partition coefficient (Wildman–Crippen LogP) is 4.81. The zero-order valence-electron chi connectivity index (χ0n) is 17.8. The Labute approximate surface area is 202 Å². The highest BCUT2D eigenvalue weighted by atomic mass is 35.5. The van der Waals surface area contributed by atoms with Gasteiger partial charge in [-0.3, -0.25) is 4.57 Å². The molecule has 0 aliphatic heterocycles. The number of nitrogens with zero attached hydrogens (tertiary/aromatic N) is 1. The number of ether oxygens (including phenoxy) is 2. The minimum atomic E-state index is -4.05. The van der Waals surface area contributed by atoms with Gasteiger partial charge in [0.25, 0.3) is 10.0 Å². The molecule has 0 aliphatic rings. The lowest BCUT2D eigenvalue weighted by Gasteiger charge is -2.16. The molecule has 0 amide bonds. The van der Waals surface area contributed by atoms with E-state index in [4.69, 9.17) is 41.7 Å². The Morgan fingerprint density at radius 2 is 1.59 bits per heavy atom. The number of rotatable bonds is 16. The number of benzene rings is 1. The highest BCUT2D eigenvalue weighted by Crippen LogP contribution is 2.47. The number of sulfonamides is 1. The fourth-order valence-electron chi connectivity index (χ4n) is 2.48. The third-order valence-electron chi connectivity index (χ3n) is 3.84. The Morgan fingerprint density at radius 1 is 1.03 bits per heavy atom. The third-order valence-corrected chi connectivity index (χ3v) is 9.23. The van der Waals surface area contributed by atoms with E-state index in [9.17, 15) is 13.0 Å². The number of alkyl halides is 2. The first-order chi connectivity index (χ1) is 15.3. The molecule has 1 heterocycles. The molecular weight excluding hydrogens is 522 g/mol. The van der Waals surface area contributed by atoms with E-state index >= 15 is 0 Å². The summed E-state index contributed by atoms with van der Waals surface area (Å²) < 4.78 is 62.5. The van der Waals surface area contributed by atoms with Crippen LogP contribution in [0.15, 0.2) is 16.5 Å². The van der Waals surface area contributed by atoms with Crippen molar-refractivity contribution >= 4 is 62.4 Å². The van der Waals surface area contributed by atoms with Gasteiger partial charge in [-0.2, -0.15) is 4.72 Å². The Kier molecular flexibility index (Phi) is 11.5. The van der Waals surface area contributed by atoms with Gasteiger partial charge in [-0.05, 0) is 26.7 Å². The van der Waals surface area contributed by atoms with Crippen LogP contribution in [0.3, 0.4) is 0 Å². The molecule has 9 nitrogen and oxygen atoms in total. The van der Waals surface area contributed by atoms with Crippen molar-refractivity contribution in [2.24, 2.45) is 0 Å². The zero-order chi connectivity index (χ0) is 23.6. The molecule has 0 saturated carbocycles. The lowest BCUT2D eigenvalue weighted by Crippen LogP contribution is -2.25. The summed E-state index contributed by atoms with van der Waals surface area (Å²) in [5.74, 6) is 1.81. The molecule has 0 unspecified atom stereocenters. The molecule has 0 saturated heterocycles. The third kappa shape index (κ3) is 7.99. The summed E-state index contributed by atoms with van der Waals surface area (Å²) in [5.41, 5.74) is 0.429. The van der Waals surface area contributed by atoms with Gasteiger partial charge in [0.2, 0.25) is 4.34 Å². The van der Waals surface area contributed by atoms with Gasteiger partial charge in [0.1, 0.15) is 6.29 Å². The van der Waals surface area contributed by atoms with Crippen molar-refractivity contribution in [1.29, 1.82) is 0 Å². The smallest absolute Gasteiger partial charge is 0.345 e. The quantitative estimate of drug-likeness (QED) is 0.180. The van der Waals surface area contributed by atoms with Gasteiger partial charge in [-0.25, -0.2) is 13.4 Å². The predicted molar refractivity (Wildman–Crippen MR) is 127 cm³/mol.